The highest BCUT2D eigenvalue weighted by Gasteiger charge is 2.31. The van der Waals surface area contributed by atoms with E-state index < -0.39 is 0 Å². The van der Waals surface area contributed by atoms with Crippen LogP contribution in [0.2, 0.25) is 0 Å². The largest absolute Gasteiger partial charge is 0.375 e. The van der Waals surface area contributed by atoms with Gasteiger partial charge >= 0.3 is 0 Å². The predicted molar refractivity (Wildman–Crippen MR) is 80.6 cm³/mol. The smallest absolute Gasteiger partial charge is 0.0750 e. The van der Waals surface area contributed by atoms with Crippen LogP contribution < -0.4 is 5.32 Å². The summed E-state index contributed by atoms with van der Waals surface area (Å²) < 4.78 is 5.71. The van der Waals surface area contributed by atoms with Gasteiger partial charge in [-0.2, -0.15) is 0 Å². The van der Waals surface area contributed by atoms with Gasteiger partial charge in [0.15, 0.2) is 0 Å². The van der Waals surface area contributed by atoms with Crippen molar-refractivity contribution < 1.29 is 4.74 Å². The normalized spacial score (nSPS) is 23.2. The SMILES string of the molecule is CCOC(C)(C)CNC1CC(c2ccc(C)cc2)C1. The van der Waals surface area contributed by atoms with Crippen LogP contribution in [-0.4, -0.2) is 24.8 Å². The lowest BCUT2D eigenvalue weighted by molar-refractivity contribution is -0.0128. The Labute approximate surface area is 117 Å². The first-order chi connectivity index (χ1) is 9.00. The number of hydrogen-bond acceptors (Lipinski definition) is 2. The van der Waals surface area contributed by atoms with Crippen LogP contribution >= 0.6 is 0 Å². The van der Waals surface area contributed by atoms with E-state index in [0.29, 0.717) is 6.04 Å². The summed E-state index contributed by atoms with van der Waals surface area (Å²) in [7, 11) is 0. The predicted octanol–water partition coefficient (Wildman–Crippen LogP) is 3.65. The van der Waals surface area contributed by atoms with E-state index in [4.69, 9.17) is 4.74 Å². The molecule has 0 spiro atoms. The third-order valence-electron chi connectivity index (χ3n) is 4.04. The Morgan fingerprint density at radius 2 is 1.84 bits per heavy atom. The minimum Gasteiger partial charge on any atom is -0.375 e. The quantitative estimate of drug-likeness (QED) is 0.844. The fraction of sp³-hybridized carbons (Fsp3) is 0.647. The second kappa shape index (κ2) is 6.06. The molecule has 0 aromatic heterocycles. The Bertz CT molecular complexity index is 390. The van der Waals surface area contributed by atoms with Crippen LogP contribution in [0.25, 0.3) is 0 Å². The average Bonchev–Trinajstić information content (AvgIpc) is 2.29. The molecule has 1 N–H and O–H groups in total. The summed E-state index contributed by atoms with van der Waals surface area (Å²) >= 11 is 0. The highest BCUT2D eigenvalue weighted by molar-refractivity contribution is 5.26. The number of hydrogen-bond donors (Lipinski definition) is 1. The highest BCUT2D eigenvalue weighted by atomic mass is 16.5. The van der Waals surface area contributed by atoms with Gasteiger partial charge in [0.2, 0.25) is 0 Å². The van der Waals surface area contributed by atoms with Gasteiger partial charge in [-0.25, -0.2) is 0 Å². The Kier molecular flexibility index (Phi) is 4.64. The van der Waals surface area contributed by atoms with Crippen molar-refractivity contribution >= 4 is 0 Å². The number of aryl methyl sites for hydroxylation is 1. The van der Waals surface area contributed by atoms with Gasteiger partial charge in [-0.1, -0.05) is 29.8 Å². The molecule has 1 saturated carbocycles. The van der Waals surface area contributed by atoms with E-state index in [0.717, 1.165) is 19.1 Å². The Morgan fingerprint density at radius 1 is 1.21 bits per heavy atom. The summed E-state index contributed by atoms with van der Waals surface area (Å²) in [5.74, 6) is 0.744. The maximum Gasteiger partial charge on any atom is 0.0750 e. The fourth-order valence-corrected chi connectivity index (χ4v) is 2.73. The number of benzene rings is 1. The molecular formula is C17H27NO. The zero-order chi connectivity index (χ0) is 13.9. The minimum absolute atomic E-state index is 0.0519. The molecule has 0 saturated heterocycles. The first-order valence-corrected chi connectivity index (χ1v) is 7.44. The zero-order valence-electron chi connectivity index (χ0n) is 12.7. The number of nitrogens with one attached hydrogen (secondary N) is 1. The van der Waals surface area contributed by atoms with E-state index in [1.807, 2.05) is 0 Å². The summed E-state index contributed by atoms with van der Waals surface area (Å²) in [5.41, 5.74) is 2.79. The molecule has 1 aromatic rings. The average molecular weight is 261 g/mol. The monoisotopic (exact) mass is 261 g/mol. The molecule has 19 heavy (non-hydrogen) atoms. The third kappa shape index (κ3) is 4.05. The minimum atomic E-state index is -0.0519. The molecule has 2 nitrogen and oxygen atoms in total. The topological polar surface area (TPSA) is 21.3 Å². The first kappa shape index (κ1) is 14.5. The molecule has 2 rings (SSSR count). The summed E-state index contributed by atoms with van der Waals surface area (Å²) in [6, 6.07) is 9.65. The molecule has 1 aliphatic carbocycles. The molecular weight excluding hydrogens is 234 g/mol. The van der Waals surface area contributed by atoms with Crippen LogP contribution in [0.3, 0.4) is 0 Å². The maximum atomic E-state index is 5.71. The van der Waals surface area contributed by atoms with Gasteiger partial charge in [-0.3, -0.25) is 0 Å². The lowest BCUT2D eigenvalue weighted by Crippen LogP contribution is -2.47. The molecule has 0 radical (unpaired) electrons. The van der Waals surface area contributed by atoms with Crippen LogP contribution in [0.5, 0.6) is 0 Å². The molecule has 0 bridgehead atoms. The van der Waals surface area contributed by atoms with Gasteiger partial charge in [0.05, 0.1) is 5.60 Å². The van der Waals surface area contributed by atoms with E-state index in [1.54, 1.807) is 0 Å². The number of ether oxygens (including phenoxy) is 1. The van der Waals surface area contributed by atoms with Crippen LogP contribution in [0, 0.1) is 6.92 Å². The Hall–Kier alpha value is -0.860. The van der Waals surface area contributed by atoms with Crippen LogP contribution in [0.15, 0.2) is 24.3 Å². The summed E-state index contributed by atoms with van der Waals surface area (Å²) in [5, 5.41) is 3.63. The van der Waals surface area contributed by atoms with Crippen molar-refractivity contribution in [3.8, 4) is 0 Å². The van der Waals surface area contributed by atoms with E-state index in [-0.39, 0.29) is 5.60 Å². The second-order valence-corrected chi connectivity index (χ2v) is 6.35. The Morgan fingerprint density at radius 3 is 2.42 bits per heavy atom. The molecule has 106 valence electrons. The highest BCUT2D eigenvalue weighted by Crippen LogP contribution is 2.37. The molecule has 0 unspecified atom stereocenters. The van der Waals surface area contributed by atoms with Gasteiger partial charge in [0.25, 0.3) is 0 Å². The van der Waals surface area contributed by atoms with Crippen molar-refractivity contribution in [3.63, 3.8) is 0 Å². The molecule has 0 amide bonds. The Balaban J connectivity index is 1.73. The van der Waals surface area contributed by atoms with Gasteiger partial charge in [0, 0.05) is 19.2 Å². The van der Waals surface area contributed by atoms with Crippen molar-refractivity contribution in [2.45, 2.75) is 58.1 Å². The molecule has 0 aliphatic heterocycles. The standard InChI is InChI=1S/C17H27NO/c1-5-19-17(3,4)12-18-16-10-15(11-16)14-8-6-13(2)7-9-14/h6-9,15-16,18H,5,10-12H2,1-4H3. The van der Waals surface area contributed by atoms with Gasteiger partial charge in [0.1, 0.15) is 0 Å². The van der Waals surface area contributed by atoms with E-state index >= 15 is 0 Å². The molecule has 1 aliphatic rings. The van der Waals surface area contributed by atoms with E-state index in [1.165, 1.54) is 24.0 Å². The summed E-state index contributed by atoms with van der Waals surface area (Å²) in [6.07, 6.45) is 2.51. The van der Waals surface area contributed by atoms with E-state index in [9.17, 15) is 0 Å². The van der Waals surface area contributed by atoms with Gasteiger partial charge < -0.3 is 10.1 Å². The summed E-state index contributed by atoms with van der Waals surface area (Å²) in [4.78, 5) is 0. The zero-order valence-corrected chi connectivity index (χ0v) is 12.7. The molecule has 1 fully saturated rings. The molecule has 1 aromatic carbocycles. The van der Waals surface area contributed by atoms with Gasteiger partial charge in [-0.15, -0.1) is 0 Å². The summed E-state index contributed by atoms with van der Waals surface area (Å²) in [6.45, 7) is 10.2. The van der Waals surface area contributed by atoms with Crippen molar-refractivity contribution in [3.05, 3.63) is 35.4 Å². The van der Waals surface area contributed by atoms with Crippen LogP contribution in [0.1, 0.15) is 50.7 Å². The maximum absolute atomic E-state index is 5.71. The molecule has 2 heteroatoms. The number of rotatable bonds is 6. The lowest BCUT2D eigenvalue weighted by atomic mass is 9.75. The van der Waals surface area contributed by atoms with Gasteiger partial charge in [-0.05, 0) is 52.0 Å². The van der Waals surface area contributed by atoms with Crippen molar-refractivity contribution in [2.24, 2.45) is 0 Å². The lowest BCUT2D eigenvalue weighted by Gasteiger charge is -2.38. The van der Waals surface area contributed by atoms with Crippen molar-refractivity contribution in [1.82, 2.24) is 5.32 Å². The van der Waals surface area contributed by atoms with Crippen LogP contribution in [0.4, 0.5) is 0 Å². The first-order valence-electron chi connectivity index (χ1n) is 7.44. The molecule has 0 atom stereocenters. The van der Waals surface area contributed by atoms with E-state index in [2.05, 4.69) is 57.3 Å². The van der Waals surface area contributed by atoms with Crippen molar-refractivity contribution in [1.29, 1.82) is 0 Å². The third-order valence-corrected chi connectivity index (χ3v) is 4.04. The second-order valence-electron chi connectivity index (χ2n) is 6.35. The fourth-order valence-electron chi connectivity index (χ4n) is 2.73. The van der Waals surface area contributed by atoms with Crippen LogP contribution in [-0.2, 0) is 4.74 Å². The van der Waals surface area contributed by atoms with Crippen molar-refractivity contribution in [2.75, 3.05) is 13.2 Å². The molecule has 0 heterocycles.